The van der Waals surface area contributed by atoms with Crippen LogP contribution in [-0.4, -0.2) is 58.3 Å². The van der Waals surface area contributed by atoms with Crippen molar-refractivity contribution in [3.8, 4) is 0 Å². The average Bonchev–Trinajstić information content (AvgIpc) is 2.29. The third-order valence-corrected chi connectivity index (χ3v) is 0.736. The van der Waals surface area contributed by atoms with Gasteiger partial charge in [0.05, 0.1) is 25.9 Å². The van der Waals surface area contributed by atoms with Gasteiger partial charge in [-0.15, -0.1) is 13.2 Å². The summed E-state index contributed by atoms with van der Waals surface area (Å²) in [5.41, 5.74) is 0. The van der Waals surface area contributed by atoms with Crippen molar-refractivity contribution in [1.29, 1.82) is 0 Å². The van der Waals surface area contributed by atoms with E-state index in [1.54, 1.807) is 12.2 Å². The maximum atomic E-state index is 9.00. The van der Waals surface area contributed by atoms with Crippen LogP contribution >= 0.6 is 0 Å². The Labute approximate surface area is 119 Å². The first kappa shape index (κ1) is 26.8. The van der Waals surface area contributed by atoms with Crippen molar-refractivity contribution in [2.75, 3.05) is 19.8 Å². The van der Waals surface area contributed by atoms with Gasteiger partial charge in [-0.1, -0.05) is 12.2 Å². The Kier molecular flexibility index (Phi) is 34.8. The van der Waals surface area contributed by atoms with Crippen molar-refractivity contribution >= 4 is 11.9 Å². The Bertz CT molecular complexity index is 209. The number of carboxylic acids is 2. The predicted octanol–water partition coefficient (Wildman–Crippen LogP) is 0.916. The number of carbonyl (C=O) groups is 2. The maximum Gasteiger partial charge on any atom is 0.300 e. The molecule has 0 rings (SSSR count). The minimum Gasteiger partial charge on any atom is -0.481 e. The fourth-order valence-electron chi connectivity index (χ4n) is 0.235. The monoisotopic (exact) mass is 294 g/mol. The fourth-order valence-corrected chi connectivity index (χ4v) is 0.235. The first-order valence-electron chi connectivity index (χ1n) is 5.63. The van der Waals surface area contributed by atoms with Crippen LogP contribution in [-0.2, 0) is 14.3 Å². The number of aliphatic carboxylic acids is 2. The van der Waals surface area contributed by atoms with Gasteiger partial charge in [-0.25, -0.2) is 0 Å². The molecule has 0 saturated heterocycles. The van der Waals surface area contributed by atoms with Crippen molar-refractivity contribution in [1.82, 2.24) is 0 Å². The summed E-state index contributed by atoms with van der Waals surface area (Å²) >= 11 is 0. The fraction of sp³-hybridized carbons (Fsp3) is 0.538. The summed E-state index contributed by atoms with van der Waals surface area (Å²) in [6.45, 7) is 11.7. The van der Waals surface area contributed by atoms with Crippen LogP contribution in [0.5, 0.6) is 0 Å². The summed E-state index contributed by atoms with van der Waals surface area (Å²) < 4.78 is 4.90. The molecule has 0 spiro atoms. The number of hydrogen-bond acceptors (Lipinski definition) is 5. The van der Waals surface area contributed by atoms with Crippen molar-refractivity contribution < 1.29 is 34.8 Å². The molecular formula is C13H26O7. The molecule has 4 N–H and O–H groups in total. The van der Waals surface area contributed by atoms with Crippen LogP contribution < -0.4 is 0 Å². The minimum absolute atomic E-state index is 0.139. The van der Waals surface area contributed by atoms with E-state index in [4.69, 9.17) is 34.8 Å². The molecule has 1 atom stereocenters. The van der Waals surface area contributed by atoms with Crippen molar-refractivity contribution in [3.63, 3.8) is 0 Å². The van der Waals surface area contributed by atoms with Gasteiger partial charge in [0.2, 0.25) is 0 Å². The summed E-state index contributed by atoms with van der Waals surface area (Å²) in [6.07, 6.45) is 2.86. The second-order valence-electron chi connectivity index (χ2n) is 3.18. The van der Waals surface area contributed by atoms with E-state index < -0.39 is 18.0 Å². The predicted molar refractivity (Wildman–Crippen MR) is 76.6 cm³/mol. The average molecular weight is 294 g/mol. The van der Waals surface area contributed by atoms with Crippen LogP contribution in [0.2, 0.25) is 0 Å². The second-order valence-corrected chi connectivity index (χ2v) is 3.18. The third-order valence-electron chi connectivity index (χ3n) is 0.736. The van der Waals surface area contributed by atoms with Gasteiger partial charge < -0.3 is 25.2 Å². The maximum absolute atomic E-state index is 9.00. The zero-order valence-corrected chi connectivity index (χ0v) is 12.3. The molecule has 7 heteroatoms. The minimum atomic E-state index is -0.833. The molecule has 0 radical (unpaired) electrons. The molecule has 0 aliphatic rings. The summed E-state index contributed by atoms with van der Waals surface area (Å²) in [7, 11) is 0. The molecule has 0 saturated carbocycles. The van der Waals surface area contributed by atoms with Crippen LogP contribution in [0.4, 0.5) is 0 Å². The van der Waals surface area contributed by atoms with Gasteiger partial charge in [0.15, 0.2) is 0 Å². The molecule has 120 valence electrons. The number of ether oxygens (including phenoxy) is 1. The van der Waals surface area contributed by atoms with Gasteiger partial charge in [-0.3, -0.25) is 9.59 Å². The van der Waals surface area contributed by atoms with Gasteiger partial charge in [0.25, 0.3) is 11.9 Å². The molecule has 1 unspecified atom stereocenters. The van der Waals surface area contributed by atoms with Crippen LogP contribution in [0.15, 0.2) is 25.3 Å². The van der Waals surface area contributed by atoms with E-state index in [9.17, 15) is 0 Å². The Balaban J connectivity index is -0.0000000883. The summed E-state index contributed by atoms with van der Waals surface area (Å²) in [5, 5.41) is 30.8. The molecule has 0 amide bonds. The first-order chi connectivity index (χ1) is 9.15. The Morgan fingerprint density at radius 3 is 1.40 bits per heavy atom. The summed E-state index contributed by atoms with van der Waals surface area (Å²) in [6, 6.07) is 0. The van der Waals surface area contributed by atoms with E-state index in [0.717, 1.165) is 13.8 Å². The summed E-state index contributed by atoms with van der Waals surface area (Å²) in [4.78, 5) is 18.0. The lowest BCUT2D eigenvalue weighted by atomic mass is 10.5. The highest BCUT2D eigenvalue weighted by molar-refractivity contribution is 5.63. The standard InChI is InChI=1S/C6H10O.C3H8O2.2C2H4O2/c1-3-5-7-6-4-2;1-3(5)2-4;2*1-2(3)4/h3-4H,1-2,5-6H2;3-5H,2H2,1H3;2*1H3,(H,3,4). The first-order valence-corrected chi connectivity index (χ1v) is 5.63. The molecule has 0 aliphatic carbocycles. The SMILES string of the molecule is C=CCOCC=C.CC(=O)O.CC(=O)O.CC(O)CO. The van der Waals surface area contributed by atoms with Crippen LogP contribution in [0.1, 0.15) is 20.8 Å². The number of aliphatic hydroxyl groups excluding tert-OH is 2. The molecule has 0 fully saturated rings. The van der Waals surface area contributed by atoms with Crippen LogP contribution in [0.25, 0.3) is 0 Å². The van der Waals surface area contributed by atoms with Crippen LogP contribution in [0.3, 0.4) is 0 Å². The molecular weight excluding hydrogens is 268 g/mol. The van der Waals surface area contributed by atoms with Gasteiger partial charge in [0, 0.05) is 13.8 Å². The van der Waals surface area contributed by atoms with E-state index in [1.165, 1.54) is 6.92 Å². The smallest absolute Gasteiger partial charge is 0.300 e. The van der Waals surface area contributed by atoms with Crippen molar-refractivity contribution in [2.24, 2.45) is 0 Å². The molecule has 20 heavy (non-hydrogen) atoms. The van der Waals surface area contributed by atoms with Crippen molar-refractivity contribution in [2.45, 2.75) is 26.9 Å². The lowest BCUT2D eigenvalue weighted by Gasteiger charge is -1.90. The van der Waals surface area contributed by atoms with Gasteiger partial charge >= 0.3 is 0 Å². The molecule has 7 nitrogen and oxygen atoms in total. The van der Waals surface area contributed by atoms with E-state index in [0.29, 0.717) is 13.2 Å². The van der Waals surface area contributed by atoms with Crippen LogP contribution in [0, 0.1) is 0 Å². The molecule has 0 heterocycles. The number of aliphatic hydroxyl groups is 2. The van der Waals surface area contributed by atoms with E-state index in [-0.39, 0.29) is 6.61 Å². The summed E-state index contributed by atoms with van der Waals surface area (Å²) in [5.74, 6) is -1.67. The van der Waals surface area contributed by atoms with Gasteiger partial charge in [-0.2, -0.15) is 0 Å². The molecule has 0 aliphatic heterocycles. The molecule has 0 aromatic rings. The molecule has 0 aromatic carbocycles. The Morgan fingerprint density at radius 2 is 1.30 bits per heavy atom. The van der Waals surface area contributed by atoms with Gasteiger partial charge in [0.1, 0.15) is 0 Å². The number of rotatable bonds is 5. The van der Waals surface area contributed by atoms with Crippen molar-refractivity contribution in [3.05, 3.63) is 25.3 Å². The van der Waals surface area contributed by atoms with E-state index in [2.05, 4.69) is 13.2 Å². The highest BCUT2D eigenvalue weighted by Crippen LogP contribution is 1.72. The second kappa shape index (κ2) is 26.0. The number of hydrogen-bond donors (Lipinski definition) is 4. The zero-order valence-electron chi connectivity index (χ0n) is 12.3. The molecule has 0 aromatic heterocycles. The van der Waals surface area contributed by atoms with Gasteiger partial charge in [-0.05, 0) is 6.92 Å². The normalized spacial score (nSPS) is 9.05. The Hall–Kier alpha value is -1.70. The quantitative estimate of drug-likeness (QED) is 0.439. The highest BCUT2D eigenvalue weighted by atomic mass is 16.5. The van der Waals surface area contributed by atoms with E-state index in [1.807, 2.05) is 0 Å². The lowest BCUT2D eigenvalue weighted by molar-refractivity contribution is -0.135. The molecule has 0 bridgehead atoms. The van der Waals surface area contributed by atoms with E-state index >= 15 is 0 Å². The number of carboxylic acid groups (broad SMARTS) is 2. The lowest BCUT2D eigenvalue weighted by Crippen LogP contribution is -2.03. The third kappa shape index (κ3) is 206. The highest BCUT2D eigenvalue weighted by Gasteiger charge is 1.83. The topological polar surface area (TPSA) is 124 Å². The largest absolute Gasteiger partial charge is 0.481 e. The zero-order chi connectivity index (χ0) is 17.0. The Morgan fingerprint density at radius 1 is 1.10 bits per heavy atom.